The molecule has 0 atom stereocenters. The van der Waals surface area contributed by atoms with E-state index < -0.39 is 0 Å². The van der Waals surface area contributed by atoms with E-state index in [9.17, 15) is 0 Å². The molecule has 0 spiro atoms. The number of carbonyl (C=O) groups excluding carboxylic acids is 4. The van der Waals surface area contributed by atoms with Crippen molar-refractivity contribution < 1.29 is 19.2 Å². The lowest BCUT2D eigenvalue weighted by molar-refractivity contribution is -0.193. The minimum absolute atomic E-state index is 0.250. The van der Waals surface area contributed by atoms with Gasteiger partial charge in [0.1, 0.15) is 0 Å². The SMILES string of the molecule is Brc1ccccc1CCCI.Cc1ccc2c(C3CCCCC3)cn(CCCc3ccccc3Br)c2c1.Cc1ccc2c(c1)CC=C2C1CCCCC1.O=C=O.O=C=O. The molecule has 5 aromatic rings. The van der Waals surface area contributed by atoms with Gasteiger partial charge in [0.15, 0.2) is 0 Å². The van der Waals surface area contributed by atoms with Crippen LogP contribution in [0.5, 0.6) is 0 Å². The summed E-state index contributed by atoms with van der Waals surface area (Å²) in [6.45, 7) is 5.49. The highest BCUT2D eigenvalue weighted by Gasteiger charge is 2.24. The number of nitrogens with zero attached hydrogens (tertiary/aromatic N) is 1. The second-order valence-electron chi connectivity index (χ2n) is 15.7. The molecule has 1 heterocycles. The van der Waals surface area contributed by atoms with Crippen molar-refractivity contribution in [2.45, 2.75) is 123 Å². The molecule has 0 saturated heterocycles. The normalized spacial score (nSPS) is 14.6. The Labute approximate surface area is 382 Å². The molecular formula is C51H58Br2INO4. The van der Waals surface area contributed by atoms with E-state index in [4.69, 9.17) is 19.2 Å². The number of benzene rings is 4. The number of hydrogen-bond donors (Lipinski definition) is 0. The molecule has 0 bridgehead atoms. The van der Waals surface area contributed by atoms with Gasteiger partial charge < -0.3 is 4.57 Å². The van der Waals surface area contributed by atoms with Crippen molar-refractivity contribution in [2.75, 3.05) is 4.43 Å². The number of hydrogen-bond acceptors (Lipinski definition) is 4. The highest BCUT2D eigenvalue weighted by Crippen LogP contribution is 2.41. The van der Waals surface area contributed by atoms with E-state index in [0.29, 0.717) is 0 Å². The predicted octanol–water partition coefficient (Wildman–Crippen LogP) is 14.6. The molecule has 0 aliphatic heterocycles. The van der Waals surface area contributed by atoms with Crippen LogP contribution < -0.4 is 0 Å². The molecule has 4 aromatic carbocycles. The first kappa shape index (κ1) is 48.3. The summed E-state index contributed by atoms with van der Waals surface area (Å²) >= 11 is 9.62. The zero-order valence-electron chi connectivity index (χ0n) is 34.6. The fourth-order valence-electron chi connectivity index (χ4n) is 8.76. The van der Waals surface area contributed by atoms with Crippen molar-refractivity contribution in [1.82, 2.24) is 4.57 Å². The van der Waals surface area contributed by atoms with Gasteiger partial charge in [-0.25, -0.2) is 0 Å². The Kier molecular flexibility index (Phi) is 21.9. The molecular weight excluding hydrogens is 977 g/mol. The molecule has 59 heavy (non-hydrogen) atoms. The second-order valence-corrected chi connectivity index (χ2v) is 18.5. The summed E-state index contributed by atoms with van der Waals surface area (Å²) in [4.78, 5) is 32.5. The van der Waals surface area contributed by atoms with Gasteiger partial charge in [-0.1, -0.05) is 171 Å². The summed E-state index contributed by atoms with van der Waals surface area (Å²) in [5.74, 6) is 1.62. The third kappa shape index (κ3) is 15.2. The van der Waals surface area contributed by atoms with Gasteiger partial charge in [0.25, 0.3) is 0 Å². The van der Waals surface area contributed by atoms with Crippen LogP contribution in [0.2, 0.25) is 0 Å². The van der Waals surface area contributed by atoms with Gasteiger partial charge in [-0.15, -0.1) is 0 Å². The third-order valence-electron chi connectivity index (χ3n) is 11.6. The molecule has 0 N–H and O–H groups in total. The molecule has 0 amide bonds. The lowest BCUT2D eigenvalue weighted by Crippen LogP contribution is -2.07. The summed E-state index contributed by atoms with van der Waals surface area (Å²) in [5.41, 5.74) is 13.4. The van der Waals surface area contributed by atoms with Crippen LogP contribution in [0.4, 0.5) is 0 Å². The Morgan fingerprint density at radius 2 is 1.19 bits per heavy atom. The number of aromatic nitrogens is 1. The summed E-state index contributed by atoms with van der Waals surface area (Å²) < 4.78 is 6.23. The monoisotopic (exact) mass is 1030 g/mol. The first-order chi connectivity index (χ1) is 28.7. The minimum Gasteiger partial charge on any atom is -0.347 e. The van der Waals surface area contributed by atoms with Crippen molar-refractivity contribution in [3.63, 3.8) is 0 Å². The lowest BCUT2D eigenvalue weighted by Gasteiger charge is -2.23. The first-order valence-electron chi connectivity index (χ1n) is 21.1. The van der Waals surface area contributed by atoms with Crippen molar-refractivity contribution in [2.24, 2.45) is 5.92 Å². The summed E-state index contributed by atoms with van der Waals surface area (Å²) in [6.07, 6.45) is 25.5. The number of alkyl halides is 1. The van der Waals surface area contributed by atoms with Gasteiger partial charge in [-0.3, -0.25) is 0 Å². The van der Waals surface area contributed by atoms with Gasteiger partial charge >= 0.3 is 12.3 Å². The van der Waals surface area contributed by atoms with Crippen LogP contribution in [0.15, 0.2) is 106 Å². The van der Waals surface area contributed by atoms with E-state index in [1.165, 1.54) is 136 Å². The van der Waals surface area contributed by atoms with Gasteiger partial charge in [-0.05, 0) is 145 Å². The maximum atomic E-state index is 8.12. The molecule has 8 rings (SSSR count). The zero-order chi connectivity index (χ0) is 42.4. The number of halogens is 3. The van der Waals surface area contributed by atoms with Gasteiger partial charge in [0.05, 0.1) is 0 Å². The van der Waals surface area contributed by atoms with E-state index in [1.54, 1.807) is 22.3 Å². The summed E-state index contributed by atoms with van der Waals surface area (Å²) in [7, 11) is 0. The van der Waals surface area contributed by atoms with Crippen molar-refractivity contribution in [1.29, 1.82) is 0 Å². The largest absolute Gasteiger partial charge is 0.373 e. The lowest BCUT2D eigenvalue weighted by atomic mass is 9.82. The summed E-state index contributed by atoms with van der Waals surface area (Å²) in [5, 5.41) is 1.49. The fourth-order valence-corrected chi connectivity index (χ4v) is 10.1. The van der Waals surface area contributed by atoms with Gasteiger partial charge in [-0.2, -0.15) is 19.2 Å². The van der Waals surface area contributed by atoms with E-state index >= 15 is 0 Å². The third-order valence-corrected chi connectivity index (χ3v) is 13.9. The van der Waals surface area contributed by atoms with Crippen LogP contribution >= 0.6 is 54.5 Å². The number of fused-ring (bicyclic) bond motifs is 2. The molecule has 3 aliphatic rings. The number of rotatable bonds is 9. The van der Waals surface area contributed by atoms with Gasteiger partial charge in [0.2, 0.25) is 0 Å². The Morgan fingerprint density at radius 3 is 1.76 bits per heavy atom. The van der Waals surface area contributed by atoms with Crippen LogP contribution in [-0.4, -0.2) is 21.3 Å². The molecule has 1 aromatic heterocycles. The quantitative estimate of drug-likeness (QED) is 0.109. The molecule has 8 heteroatoms. The van der Waals surface area contributed by atoms with Crippen molar-refractivity contribution in [3.05, 3.63) is 145 Å². The zero-order valence-corrected chi connectivity index (χ0v) is 40.0. The van der Waals surface area contributed by atoms with Crippen LogP contribution in [-0.2, 0) is 45.0 Å². The maximum absolute atomic E-state index is 8.12. The van der Waals surface area contributed by atoms with E-state index in [-0.39, 0.29) is 12.3 Å². The van der Waals surface area contributed by atoms with E-state index in [0.717, 1.165) is 24.8 Å². The van der Waals surface area contributed by atoms with E-state index in [1.807, 2.05) is 0 Å². The van der Waals surface area contributed by atoms with Crippen LogP contribution in [0.3, 0.4) is 0 Å². The molecule has 0 unspecified atom stereocenters. The Bertz CT molecular complexity index is 2140. The topological polar surface area (TPSA) is 73.2 Å². The maximum Gasteiger partial charge on any atom is 0.373 e. The Morgan fingerprint density at radius 1 is 0.661 bits per heavy atom. The summed E-state index contributed by atoms with van der Waals surface area (Å²) in [6, 6.07) is 31.0. The Balaban J connectivity index is 0.000000198. The highest BCUT2D eigenvalue weighted by molar-refractivity contribution is 14.1. The number of aryl methyl sites for hydroxylation is 5. The van der Waals surface area contributed by atoms with E-state index in [2.05, 4.69) is 170 Å². The van der Waals surface area contributed by atoms with Crippen LogP contribution in [0.25, 0.3) is 16.5 Å². The van der Waals surface area contributed by atoms with Crippen molar-refractivity contribution >= 4 is 83.2 Å². The van der Waals surface area contributed by atoms with Crippen molar-refractivity contribution in [3.8, 4) is 0 Å². The number of allylic oxidation sites excluding steroid dienone is 2. The first-order valence-corrected chi connectivity index (χ1v) is 24.3. The molecule has 2 saturated carbocycles. The fraction of sp³-hybridized carbons (Fsp3) is 0.412. The minimum atomic E-state index is 0.250. The Hall–Kier alpha value is -3.39. The molecule has 5 nitrogen and oxygen atoms in total. The molecule has 312 valence electrons. The standard InChI is InChI=1S/C24H28BrN.C16H20.C9H10BrI.2CO2/c1-18-13-14-21-22(19-8-3-2-4-9-19)17-26(24(21)16-18)15-7-11-20-10-5-6-12-23(20)25;1-12-7-9-16-14(11-12)8-10-15(16)13-5-3-2-4-6-13;10-9-6-2-1-4-8(9)5-3-7-11;2*2-1-3/h5-6,10,12-14,16-17,19H,2-4,7-9,11,15H2,1H3;7,9-11,13H,2-6,8H2,1H3;1-2,4,6H,3,5,7H2;;. The molecule has 3 aliphatic carbocycles. The average molecular weight is 1040 g/mol. The average Bonchev–Trinajstić information content (AvgIpc) is 3.84. The van der Waals surface area contributed by atoms with Crippen LogP contribution in [0.1, 0.15) is 122 Å². The smallest absolute Gasteiger partial charge is 0.347 e. The van der Waals surface area contributed by atoms with Crippen LogP contribution in [0, 0.1) is 19.8 Å². The highest BCUT2D eigenvalue weighted by atomic mass is 127. The molecule has 2 fully saturated rings. The second kappa shape index (κ2) is 26.7. The predicted molar refractivity (Wildman–Crippen MR) is 256 cm³/mol. The molecule has 0 radical (unpaired) electrons. The van der Waals surface area contributed by atoms with Gasteiger partial charge in [0, 0.05) is 32.6 Å².